The van der Waals surface area contributed by atoms with E-state index in [1.165, 1.54) is 83.5 Å². The van der Waals surface area contributed by atoms with Gasteiger partial charge in [0.15, 0.2) is 0 Å². The van der Waals surface area contributed by atoms with Gasteiger partial charge in [0.25, 0.3) is 0 Å². The van der Waals surface area contributed by atoms with E-state index in [2.05, 4.69) is 38.9 Å². The van der Waals surface area contributed by atoms with Crippen molar-refractivity contribution in [1.82, 2.24) is 4.90 Å². The van der Waals surface area contributed by atoms with Crippen LogP contribution < -0.4 is 0 Å². The smallest absolute Gasteiger partial charge is 0.0858 e. The second-order valence-electron chi connectivity index (χ2n) is 8.90. The Labute approximate surface area is 157 Å². The Hall–Kier alpha value is -0.530. The van der Waals surface area contributed by atoms with Gasteiger partial charge in [0.05, 0.1) is 6.34 Å². The Morgan fingerprint density at radius 1 is 0.960 bits per heavy atom. The van der Waals surface area contributed by atoms with Crippen LogP contribution in [0.1, 0.15) is 111 Å². The number of aliphatic imine (C=N–C) groups is 1. The van der Waals surface area contributed by atoms with Gasteiger partial charge in [-0.3, -0.25) is 4.99 Å². The summed E-state index contributed by atoms with van der Waals surface area (Å²) in [6.07, 6.45) is 20.2. The highest BCUT2D eigenvalue weighted by Crippen LogP contribution is 2.37. The molecule has 4 unspecified atom stereocenters. The van der Waals surface area contributed by atoms with Crippen molar-refractivity contribution in [3.63, 3.8) is 0 Å². The van der Waals surface area contributed by atoms with Gasteiger partial charge in [0.2, 0.25) is 0 Å². The molecular weight excluding hydrogens is 304 g/mol. The van der Waals surface area contributed by atoms with Gasteiger partial charge < -0.3 is 4.90 Å². The predicted molar refractivity (Wildman–Crippen MR) is 111 cm³/mol. The van der Waals surface area contributed by atoms with Gasteiger partial charge in [-0.25, -0.2) is 0 Å². The third kappa shape index (κ3) is 6.29. The minimum Gasteiger partial charge on any atom is -0.357 e. The van der Waals surface area contributed by atoms with Gasteiger partial charge in [-0.05, 0) is 50.9 Å². The molecule has 2 rings (SSSR count). The van der Waals surface area contributed by atoms with Crippen molar-refractivity contribution in [2.45, 2.75) is 129 Å². The number of hydrogen-bond donors (Lipinski definition) is 0. The molecule has 2 aliphatic carbocycles. The first-order chi connectivity index (χ1) is 12.2. The normalized spacial score (nSPS) is 28.2. The van der Waals surface area contributed by atoms with Crippen LogP contribution in [0.15, 0.2) is 4.99 Å². The summed E-state index contributed by atoms with van der Waals surface area (Å²) in [4.78, 5) is 7.81. The van der Waals surface area contributed by atoms with E-state index in [0.29, 0.717) is 6.04 Å². The molecule has 2 heteroatoms. The van der Waals surface area contributed by atoms with Crippen molar-refractivity contribution < 1.29 is 0 Å². The molecule has 0 spiro atoms. The lowest BCUT2D eigenvalue weighted by Gasteiger charge is -2.46. The summed E-state index contributed by atoms with van der Waals surface area (Å²) in [7, 11) is 0. The van der Waals surface area contributed by atoms with Crippen molar-refractivity contribution in [3.8, 4) is 0 Å². The molecule has 2 fully saturated rings. The van der Waals surface area contributed by atoms with Crippen molar-refractivity contribution in [3.05, 3.63) is 0 Å². The molecule has 4 atom stereocenters. The van der Waals surface area contributed by atoms with Crippen LogP contribution in [0.3, 0.4) is 0 Å². The van der Waals surface area contributed by atoms with Crippen molar-refractivity contribution >= 4 is 6.34 Å². The quantitative estimate of drug-likeness (QED) is 0.329. The van der Waals surface area contributed by atoms with Gasteiger partial charge in [-0.1, -0.05) is 72.1 Å². The zero-order chi connectivity index (χ0) is 18.1. The Morgan fingerprint density at radius 3 is 2.32 bits per heavy atom. The SMILES string of the molecule is CCCCC(C)N=CN(C1CCCCC1)C1CCCCC1C(C)CC. The first-order valence-electron chi connectivity index (χ1n) is 11.5. The molecule has 25 heavy (non-hydrogen) atoms. The van der Waals surface area contributed by atoms with E-state index in [0.717, 1.165) is 23.9 Å². The number of nitrogens with zero attached hydrogens (tertiary/aromatic N) is 2. The topological polar surface area (TPSA) is 15.6 Å². The van der Waals surface area contributed by atoms with E-state index in [4.69, 9.17) is 4.99 Å². The summed E-state index contributed by atoms with van der Waals surface area (Å²) in [5, 5.41) is 0. The van der Waals surface area contributed by atoms with Crippen LogP contribution in [-0.4, -0.2) is 29.4 Å². The van der Waals surface area contributed by atoms with Gasteiger partial charge >= 0.3 is 0 Å². The molecule has 0 aliphatic heterocycles. The summed E-state index contributed by atoms with van der Waals surface area (Å²) in [6.45, 7) is 9.45. The number of unbranched alkanes of at least 4 members (excludes halogenated alkanes) is 1. The summed E-state index contributed by atoms with van der Waals surface area (Å²) in [6, 6.07) is 1.98. The predicted octanol–water partition coefficient (Wildman–Crippen LogP) is 6.83. The first-order valence-corrected chi connectivity index (χ1v) is 11.5. The van der Waals surface area contributed by atoms with E-state index < -0.39 is 0 Å². The Balaban J connectivity index is 2.12. The second kappa shape index (κ2) is 11.2. The van der Waals surface area contributed by atoms with Crippen LogP contribution in [0.25, 0.3) is 0 Å². The van der Waals surface area contributed by atoms with Gasteiger partial charge in [-0.2, -0.15) is 0 Å². The van der Waals surface area contributed by atoms with Crippen LogP contribution in [-0.2, 0) is 0 Å². The van der Waals surface area contributed by atoms with Crippen molar-refractivity contribution in [1.29, 1.82) is 0 Å². The maximum atomic E-state index is 5.03. The summed E-state index contributed by atoms with van der Waals surface area (Å²) in [5.41, 5.74) is 0. The van der Waals surface area contributed by atoms with Crippen molar-refractivity contribution in [2.75, 3.05) is 0 Å². The molecular formula is C23H44N2. The maximum Gasteiger partial charge on any atom is 0.0858 e. The second-order valence-corrected chi connectivity index (χ2v) is 8.90. The van der Waals surface area contributed by atoms with Crippen LogP contribution in [0.5, 0.6) is 0 Å². The highest BCUT2D eigenvalue weighted by molar-refractivity contribution is 5.56. The lowest BCUT2D eigenvalue weighted by Crippen LogP contribution is -2.49. The molecule has 0 saturated heterocycles. The third-order valence-electron chi connectivity index (χ3n) is 6.97. The van der Waals surface area contributed by atoms with Crippen LogP contribution in [0.4, 0.5) is 0 Å². The molecule has 0 aromatic rings. The molecule has 0 aromatic carbocycles. The van der Waals surface area contributed by atoms with Crippen molar-refractivity contribution in [2.24, 2.45) is 16.8 Å². The highest BCUT2D eigenvalue weighted by atomic mass is 15.2. The van der Waals surface area contributed by atoms with Crippen LogP contribution in [0, 0.1) is 11.8 Å². The molecule has 0 bridgehead atoms. The lowest BCUT2D eigenvalue weighted by atomic mass is 9.74. The lowest BCUT2D eigenvalue weighted by molar-refractivity contribution is 0.0855. The van der Waals surface area contributed by atoms with E-state index in [9.17, 15) is 0 Å². The number of rotatable bonds is 9. The van der Waals surface area contributed by atoms with E-state index in [-0.39, 0.29) is 0 Å². The molecule has 2 aliphatic rings. The molecule has 2 saturated carbocycles. The molecule has 0 amide bonds. The molecule has 0 aromatic heterocycles. The Kier molecular flexibility index (Phi) is 9.34. The largest absolute Gasteiger partial charge is 0.357 e. The van der Waals surface area contributed by atoms with Gasteiger partial charge in [0, 0.05) is 18.1 Å². The maximum absolute atomic E-state index is 5.03. The summed E-state index contributed by atoms with van der Waals surface area (Å²) < 4.78 is 0. The zero-order valence-corrected chi connectivity index (χ0v) is 17.6. The average Bonchev–Trinajstić information content (AvgIpc) is 2.67. The number of hydrogen-bond acceptors (Lipinski definition) is 1. The van der Waals surface area contributed by atoms with Gasteiger partial charge in [0.1, 0.15) is 0 Å². The Morgan fingerprint density at radius 2 is 1.64 bits per heavy atom. The molecule has 0 heterocycles. The zero-order valence-electron chi connectivity index (χ0n) is 17.6. The first kappa shape index (κ1) is 20.8. The van der Waals surface area contributed by atoms with E-state index in [1.807, 2.05) is 0 Å². The van der Waals surface area contributed by atoms with Gasteiger partial charge in [-0.15, -0.1) is 0 Å². The van der Waals surface area contributed by atoms with Crippen LogP contribution in [0.2, 0.25) is 0 Å². The molecule has 0 radical (unpaired) electrons. The fraction of sp³-hybridized carbons (Fsp3) is 0.957. The average molecular weight is 349 g/mol. The Bertz CT molecular complexity index is 372. The monoisotopic (exact) mass is 348 g/mol. The minimum atomic E-state index is 0.483. The summed E-state index contributed by atoms with van der Waals surface area (Å²) in [5.74, 6) is 1.72. The van der Waals surface area contributed by atoms with Crippen LogP contribution >= 0.6 is 0 Å². The highest BCUT2D eigenvalue weighted by Gasteiger charge is 2.35. The molecule has 0 N–H and O–H groups in total. The molecule has 2 nitrogen and oxygen atoms in total. The molecule has 146 valence electrons. The fourth-order valence-corrected chi connectivity index (χ4v) is 5.07. The minimum absolute atomic E-state index is 0.483. The van der Waals surface area contributed by atoms with E-state index in [1.54, 1.807) is 0 Å². The van der Waals surface area contributed by atoms with E-state index >= 15 is 0 Å². The fourth-order valence-electron chi connectivity index (χ4n) is 5.07. The standard InChI is InChI=1S/C23H44N2/c1-5-7-13-20(4)24-18-25(21-14-9-8-10-15-21)23-17-12-11-16-22(23)19(3)6-2/h18-23H,5-17H2,1-4H3. The summed E-state index contributed by atoms with van der Waals surface area (Å²) >= 11 is 0. The third-order valence-corrected chi connectivity index (χ3v) is 6.97.